The topological polar surface area (TPSA) is 35.5 Å². The Morgan fingerprint density at radius 1 is 1.70 bits per heavy atom. The second-order valence-electron chi connectivity index (χ2n) is 2.12. The number of hydrogen-bond acceptors (Lipinski definition) is 3. The van der Waals surface area contributed by atoms with Crippen LogP contribution >= 0.6 is 0 Å². The molecule has 0 spiro atoms. The monoisotopic (exact) mass is 142 g/mol. The van der Waals surface area contributed by atoms with E-state index in [0.717, 1.165) is 12.8 Å². The van der Waals surface area contributed by atoms with E-state index in [1.807, 2.05) is 12.2 Å². The van der Waals surface area contributed by atoms with Crippen LogP contribution in [0.5, 0.6) is 0 Å². The van der Waals surface area contributed by atoms with Crippen LogP contribution in [0.1, 0.15) is 12.8 Å². The van der Waals surface area contributed by atoms with Gasteiger partial charge in [-0.1, -0.05) is 6.08 Å². The standard InChI is InChI=1S/C7H10O3/c1-9-7(8)10-6-4-2-3-5-6/h2,4,6H,3,5H2,1H3/t6-/m1/s1. The fourth-order valence-corrected chi connectivity index (χ4v) is 0.875. The van der Waals surface area contributed by atoms with Crippen LogP contribution in [-0.4, -0.2) is 19.4 Å². The molecule has 0 amide bonds. The molecule has 0 unspecified atom stereocenters. The molecular weight excluding hydrogens is 132 g/mol. The molecular formula is C7H10O3. The van der Waals surface area contributed by atoms with E-state index in [4.69, 9.17) is 4.74 Å². The zero-order chi connectivity index (χ0) is 7.40. The van der Waals surface area contributed by atoms with Gasteiger partial charge in [-0.25, -0.2) is 4.79 Å². The Labute approximate surface area is 59.6 Å². The summed E-state index contributed by atoms with van der Waals surface area (Å²) in [6, 6.07) is 0. The molecule has 0 radical (unpaired) electrons. The van der Waals surface area contributed by atoms with Gasteiger partial charge in [0.25, 0.3) is 0 Å². The summed E-state index contributed by atoms with van der Waals surface area (Å²) in [6.45, 7) is 0. The lowest BCUT2D eigenvalue weighted by Crippen LogP contribution is -2.13. The number of rotatable bonds is 1. The lowest BCUT2D eigenvalue weighted by Gasteiger charge is -2.06. The van der Waals surface area contributed by atoms with Crippen LogP contribution in [-0.2, 0) is 9.47 Å². The van der Waals surface area contributed by atoms with E-state index in [2.05, 4.69) is 4.74 Å². The van der Waals surface area contributed by atoms with Gasteiger partial charge in [0.15, 0.2) is 0 Å². The minimum atomic E-state index is -0.600. The summed E-state index contributed by atoms with van der Waals surface area (Å²) in [5.74, 6) is 0. The average Bonchev–Trinajstić information content (AvgIpc) is 2.40. The molecule has 0 saturated carbocycles. The number of hydrogen-bond donors (Lipinski definition) is 0. The number of ether oxygens (including phenoxy) is 2. The highest BCUT2D eigenvalue weighted by atomic mass is 16.7. The Hall–Kier alpha value is -0.990. The van der Waals surface area contributed by atoms with Crippen LogP contribution in [0.15, 0.2) is 12.2 Å². The lowest BCUT2D eigenvalue weighted by atomic mass is 10.3. The van der Waals surface area contributed by atoms with Crippen LogP contribution in [0.3, 0.4) is 0 Å². The smallest absolute Gasteiger partial charge is 0.438 e. The van der Waals surface area contributed by atoms with Gasteiger partial charge in [-0.2, -0.15) is 0 Å². The first kappa shape index (κ1) is 7.12. The first-order valence-electron chi connectivity index (χ1n) is 3.24. The third kappa shape index (κ3) is 1.76. The van der Waals surface area contributed by atoms with Gasteiger partial charge >= 0.3 is 6.16 Å². The predicted octanol–water partition coefficient (Wildman–Crippen LogP) is 1.49. The molecule has 0 aliphatic heterocycles. The summed E-state index contributed by atoms with van der Waals surface area (Å²) in [5.41, 5.74) is 0. The molecule has 0 saturated heterocycles. The molecule has 1 aliphatic carbocycles. The fraction of sp³-hybridized carbons (Fsp3) is 0.571. The van der Waals surface area contributed by atoms with E-state index >= 15 is 0 Å². The third-order valence-electron chi connectivity index (χ3n) is 1.38. The molecule has 3 heteroatoms. The Balaban J connectivity index is 2.24. The quantitative estimate of drug-likeness (QED) is 0.411. The van der Waals surface area contributed by atoms with Crippen LogP contribution in [0.25, 0.3) is 0 Å². The van der Waals surface area contributed by atoms with Crippen molar-refractivity contribution in [2.75, 3.05) is 7.11 Å². The van der Waals surface area contributed by atoms with E-state index in [1.54, 1.807) is 0 Å². The fourth-order valence-electron chi connectivity index (χ4n) is 0.875. The second kappa shape index (κ2) is 3.25. The SMILES string of the molecule is COC(=O)O[C@@H]1C=CCC1. The first-order chi connectivity index (χ1) is 4.83. The molecule has 56 valence electrons. The second-order valence-corrected chi connectivity index (χ2v) is 2.12. The predicted molar refractivity (Wildman–Crippen MR) is 35.7 cm³/mol. The maximum atomic E-state index is 10.5. The number of methoxy groups -OCH3 is 1. The van der Waals surface area contributed by atoms with E-state index in [-0.39, 0.29) is 6.10 Å². The molecule has 0 heterocycles. The molecule has 1 rings (SSSR count). The molecule has 0 bridgehead atoms. The zero-order valence-electron chi connectivity index (χ0n) is 5.87. The van der Waals surface area contributed by atoms with Gasteiger partial charge in [-0.15, -0.1) is 0 Å². The van der Waals surface area contributed by atoms with Gasteiger partial charge in [-0.3, -0.25) is 0 Å². The Kier molecular flexibility index (Phi) is 2.31. The summed E-state index contributed by atoms with van der Waals surface area (Å²) < 4.78 is 9.13. The van der Waals surface area contributed by atoms with Gasteiger partial charge in [-0.05, 0) is 18.9 Å². The van der Waals surface area contributed by atoms with Gasteiger partial charge in [0.05, 0.1) is 7.11 Å². The summed E-state index contributed by atoms with van der Waals surface area (Å²) >= 11 is 0. The molecule has 0 aromatic heterocycles. The highest BCUT2D eigenvalue weighted by Crippen LogP contribution is 2.12. The third-order valence-corrected chi connectivity index (χ3v) is 1.38. The van der Waals surface area contributed by atoms with Gasteiger partial charge < -0.3 is 9.47 Å². The van der Waals surface area contributed by atoms with Crippen molar-refractivity contribution in [3.05, 3.63) is 12.2 Å². The Morgan fingerprint density at radius 2 is 2.50 bits per heavy atom. The number of carbonyl (C=O) groups excluding carboxylic acids is 1. The van der Waals surface area contributed by atoms with Gasteiger partial charge in [0, 0.05) is 0 Å². The molecule has 0 N–H and O–H groups in total. The van der Waals surface area contributed by atoms with E-state index < -0.39 is 6.16 Å². The summed E-state index contributed by atoms with van der Waals surface area (Å²) in [5, 5.41) is 0. The van der Waals surface area contributed by atoms with E-state index in [9.17, 15) is 4.79 Å². The van der Waals surface area contributed by atoms with Crippen molar-refractivity contribution in [2.45, 2.75) is 18.9 Å². The molecule has 0 aromatic carbocycles. The zero-order valence-corrected chi connectivity index (χ0v) is 5.87. The summed E-state index contributed by atoms with van der Waals surface area (Å²) in [7, 11) is 1.31. The van der Waals surface area contributed by atoms with Crippen molar-refractivity contribution < 1.29 is 14.3 Å². The minimum absolute atomic E-state index is 0.0625. The lowest BCUT2D eigenvalue weighted by molar-refractivity contribution is 0.0526. The van der Waals surface area contributed by atoms with Crippen LogP contribution in [0.4, 0.5) is 4.79 Å². The van der Waals surface area contributed by atoms with Crippen molar-refractivity contribution in [1.29, 1.82) is 0 Å². The normalized spacial score (nSPS) is 22.7. The Morgan fingerprint density at radius 3 is 3.00 bits per heavy atom. The number of allylic oxidation sites excluding steroid dienone is 1. The van der Waals surface area contributed by atoms with Crippen LogP contribution < -0.4 is 0 Å². The van der Waals surface area contributed by atoms with Crippen molar-refractivity contribution in [3.8, 4) is 0 Å². The van der Waals surface area contributed by atoms with Crippen LogP contribution in [0.2, 0.25) is 0 Å². The number of carbonyl (C=O) groups is 1. The molecule has 0 fully saturated rings. The van der Waals surface area contributed by atoms with Crippen molar-refractivity contribution in [2.24, 2.45) is 0 Å². The largest absolute Gasteiger partial charge is 0.508 e. The van der Waals surface area contributed by atoms with Gasteiger partial charge in [0.1, 0.15) is 6.10 Å². The van der Waals surface area contributed by atoms with Gasteiger partial charge in [0.2, 0.25) is 0 Å². The maximum absolute atomic E-state index is 10.5. The molecule has 3 nitrogen and oxygen atoms in total. The van der Waals surface area contributed by atoms with Crippen molar-refractivity contribution in [1.82, 2.24) is 0 Å². The molecule has 0 aromatic rings. The molecule has 10 heavy (non-hydrogen) atoms. The minimum Gasteiger partial charge on any atom is -0.438 e. The Bertz CT molecular complexity index is 151. The first-order valence-corrected chi connectivity index (χ1v) is 3.24. The highest BCUT2D eigenvalue weighted by Gasteiger charge is 2.13. The van der Waals surface area contributed by atoms with Crippen molar-refractivity contribution in [3.63, 3.8) is 0 Å². The van der Waals surface area contributed by atoms with E-state index in [1.165, 1.54) is 7.11 Å². The van der Waals surface area contributed by atoms with Crippen LogP contribution in [0, 0.1) is 0 Å². The molecule has 1 aliphatic rings. The summed E-state index contributed by atoms with van der Waals surface area (Å²) in [6.07, 6.45) is 5.07. The molecule has 1 atom stereocenters. The average molecular weight is 142 g/mol. The van der Waals surface area contributed by atoms with Crippen molar-refractivity contribution >= 4 is 6.16 Å². The highest BCUT2D eigenvalue weighted by molar-refractivity contribution is 5.60. The maximum Gasteiger partial charge on any atom is 0.508 e. The van der Waals surface area contributed by atoms with E-state index in [0.29, 0.717) is 0 Å². The summed E-state index contributed by atoms with van der Waals surface area (Å²) in [4.78, 5) is 10.5.